The highest BCUT2D eigenvalue weighted by Crippen LogP contribution is 2.42. The summed E-state index contributed by atoms with van der Waals surface area (Å²) in [4.78, 5) is 0. The number of benzene rings is 4. The van der Waals surface area contributed by atoms with Crippen LogP contribution in [0.2, 0.25) is 0 Å². The monoisotopic (exact) mass is 552 g/mol. The third-order valence-corrected chi connectivity index (χ3v) is 11.3. The SMILES string of the molecule is CCC(CCCC(CC(CC(C)c1ccc2c(c1)CC2)c1ccc2c(c1)CC2)c1ccc2c(c1)CC2)c1ccccc1. The quantitative estimate of drug-likeness (QED) is 0.155. The third-order valence-electron chi connectivity index (χ3n) is 11.3. The van der Waals surface area contributed by atoms with Gasteiger partial charge in [0.25, 0.3) is 0 Å². The Labute approximate surface area is 254 Å². The van der Waals surface area contributed by atoms with E-state index in [0.717, 1.165) is 0 Å². The molecule has 4 unspecified atom stereocenters. The second-order valence-corrected chi connectivity index (χ2v) is 13.8. The molecule has 0 saturated heterocycles. The summed E-state index contributed by atoms with van der Waals surface area (Å²) in [5.74, 6) is 2.45. The summed E-state index contributed by atoms with van der Waals surface area (Å²) in [5.41, 5.74) is 15.8. The summed E-state index contributed by atoms with van der Waals surface area (Å²) in [7, 11) is 0. The van der Waals surface area contributed by atoms with Crippen LogP contribution >= 0.6 is 0 Å². The molecule has 0 heterocycles. The predicted octanol–water partition coefficient (Wildman–Crippen LogP) is 10.8. The lowest BCUT2D eigenvalue weighted by Crippen LogP contribution is -2.15. The van der Waals surface area contributed by atoms with Crippen LogP contribution < -0.4 is 0 Å². The lowest BCUT2D eigenvalue weighted by Gasteiger charge is -2.31. The summed E-state index contributed by atoms with van der Waals surface area (Å²) in [5, 5.41) is 0. The Morgan fingerprint density at radius 1 is 0.476 bits per heavy atom. The maximum atomic E-state index is 2.59. The van der Waals surface area contributed by atoms with E-state index in [0.29, 0.717) is 23.7 Å². The maximum Gasteiger partial charge on any atom is -0.0150 e. The lowest BCUT2D eigenvalue weighted by molar-refractivity contribution is 0.435. The van der Waals surface area contributed by atoms with Crippen molar-refractivity contribution in [1.82, 2.24) is 0 Å². The van der Waals surface area contributed by atoms with Gasteiger partial charge in [-0.05, 0) is 150 Å². The minimum Gasteiger partial charge on any atom is -0.0648 e. The fourth-order valence-corrected chi connectivity index (χ4v) is 8.10. The Balaban J connectivity index is 1.14. The molecular formula is C42H48. The molecule has 0 spiro atoms. The Bertz CT molecular complexity index is 1530. The molecule has 0 radical (unpaired) electrons. The summed E-state index contributed by atoms with van der Waals surface area (Å²) in [6.45, 7) is 4.85. The van der Waals surface area contributed by atoms with Gasteiger partial charge in [0.15, 0.2) is 0 Å². The molecule has 4 atom stereocenters. The van der Waals surface area contributed by atoms with Crippen LogP contribution in [0.4, 0.5) is 0 Å². The number of hydrogen-bond acceptors (Lipinski definition) is 0. The molecule has 0 nitrogen and oxygen atoms in total. The van der Waals surface area contributed by atoms with E-state index in [1.807, 2.05) is 0 Å². The molecule has 0 saturated carbocycles. The van der Waals surface area contributed by atoms with Gasteiger partial charge in [-0.1, -0.05) is 105 Å². The van der Waals surface area contributed by atoms with Crippen LogP contribution in [0.25, 0.3) is 0 Å². The van der Waals surface area contributed by atoms with Gasteiger partial charge in [0.05, 0.1) is 0 Å². The zero-order valence-corrected chi connectivity index (χ0v) is 25.9. The zero-order chi connectivity index (χ0) is 28.5. The van der Waals surface area contributed by atoms with Crippen LogP contribution in [0, 0.1) is 0 Å². The first-order chi connectivity index (χ1) is 20.6. The molecule has 4 aromatic rings. The molecule has 0 aromatic heterocycles. The molecule has 42 heavy (non-hydrogen) atoms. The van der Waals surface area contributed by atoms with E-state index >= 15 is 0 Å². The van der Waals surface area contributed by atoms with Crippen LogP contribution in [0.5, 0.6) is 0 Å². The van der Waals surface area contributed by atoms with Gasteiger partial charge in [-0.25, -0.2) is 0 Å². The molecule has 0 heteroatoms. The average molecular weight is 553 g/mol. The van der Waals surface area contributed by atoms with Crippen molar-refractivity contribution >= 4 is 0 Å². The lowest BCUT2D eigenvalue weighted by atomic mass is 9.74. The minimum atomic E-state index is 0.576. The number of fused-ring (bicyclic) bond motifs is 3. The first-order valence-electron chi connectivity index (χ1n) is 17.0. The van der Waals surface area contributed by atoms with E-state index in [4.69, 9.17) is 0 Å². The van der Waals surface area contributed by atoms with Crippen LogP contribution in [0.3, 0.4) is 0 Å². The molecule has 0 fully saturated rings. The highest BCUT2D eigenvalue weighted by atomic mass is 14.3. The Hall–Kier alpha value is -3.12. The molecule has 7 rings (SSSR count). The van der Waals surface area contributed by atoms with Crippen molar-refractivity contribution in [3.63, 3.8) is 0 Å². The van der Waals surface area contributed by atoms with Crippen molar-refractivity contribution in [3.05, 3.63) is 141 Å². The summed E-state index contributed by atoms with van der Waals surface area (Å²) in [6.07, 6.45) is 15.2. The molecule has 3 aliphatic carbocycles. The van der Waals surface area contributed by atoms with E-state index < -0.39 is 0 Å². The van der Waals surface area contributed by atoms with E-state index in [-0.39, 0.29) is 0 Å². The fraction of sp³-hybridized carbons (Fsp3) is 0.429. The third kappa shape index (κ3) is 5.75. The van der Waals surface area contributed by atoms with E-state index in [1.165, 1.54) is 82.6 Å². The van der Waals surface area contributed by atoms with E-state index in [2.05, 4.69) is 98.8 Å². The number of rotatable bonds is 13. The molecule has 0 bridgehead atoms. The summed E-state index contributed by atoms with van der Waals surface area (Å²) >= 11 is 0. The molecule has 0 N–H and O–H groups in total. The Morgan fingerprint density at radius 2 is 0.976 bits per heavy atom. The smallest absolute Gasteiger partial charge is 0.0150 e. The van der Waals surface area contributed by atoms with Crippen molar-refractivity contribution < 1.29 is 0 Å². The van der Waals surface area contributed by atoms with Gasteiger partial charge in [0, 0.05) is 0 Å². The van der Waals surface area contributed by atoms with Crippen molar-refractivity contribution in [2.45, 2.75) is 115 Å². The topological polar surface area (TPSA) is 0 Å². The second kappa shape index (κ2) is 12.2. The molecule has 4 aromatic carbocycles. The van der Waals surface area contributed by atoms with Crippen molar-refractivity contribution in [2.24, 2.45) is 0 Å². The van der Waals surface area contributed by atoms with Crippen molar-refractivity contribution in [3.8, 4) is 0 Å². The highest BCUT2D eigenvalue weighted by molar-refractivity contribution is 5.43. The highest BCUT2D eigenvalue weighted by Gasteiger charge is 2.26. The van der Waals surface area contributed by atoms with E-state index in [9.17, 15) is 0 Å². The second-order valence-electron chi connectivity index (χ2n) is 13.8. The fourth-order valence-electron chi connectivity index (χ4n) is 8.10. The van der Waals surface area contributed by atoms with Gasteiger partial charge in [-0.3, -0.25) is 0 Å². The summed E-state index contributed by atoms with van der Waals surface area (Å²) in [6, 6.07) is 33.7. The van der Waals surface area contributed by atoms with Gasteiger partial charge in [0.1, 0.15) is 0 Å². The van der Waals surface area contributed by atoms with Crippen molar-refractivity contribution in [2.75, 3.05) is 0 Å². The van der Waals surface area contributed by atoms with Crippen LogP contribution in [0.1, 0.15) is 132 Å². The van der Waals surface area contributed by atoms with Crippen molar-refractivity contribution in [1.29, 1.82) is 0 Å². The zero-order valence-electron chi connectivity index (χ0n) is 25.9. The van der Waals surface area contributed by atoms with Gasteiger partial charge in [-0.2, -0.15) is 0 Å². The molecule has 3 aliphatic rings. The Morgan fingerprint density at radius 3 is 1.50 bits per heavy atom. The number of hydrogen-bond donors (Lipinski definition) is 0. The normalized spacial score (nSPS) is 17.4. The molecular weight excluding hydrogens is 504 g/mol. The largest absolute Gasteiger partial charge is 0.0648 e. The van der Waals surface area contributed by atoms with Gasteiger partial charge >= 0.3 is 0 Å². The minimum absolute atomic E-state index is 0.576. The van der Waals surface area contributed by atoms with Crippen LogP contribution in [0.15, 0.2) is 84.9 Å². The molecule has 0 aliphatic heterocycles. The molecule has 0 amide bonds. The summed E-state index contributed by atoms with van der Waals surface area (Å²) < 4.78 is 0. The maximum absolute atomic E-state index is 2.59. The van der Waals surface area contributed by atoms with Crippen LogP contribution in [-0.4, -0.2) is 0 Å². The predicted molar refractivity (Wildman–Crippen MR) is 178 cm³/mol. The van der Waals surface area contributed by atoms with Gasteiger partial charge in [0.2, 0.25) is 0 Å². The van der Waals surface area contributed by atoms with E-state index in [1.54, 1.807) is 50.1 Å². The first kappa shape index (κ1) is 27.7. The molecule has 216 valence electrons. The first-order valence-corrected chi connectivity index (χ1v) is 17.0. The van der Waals surface area contributed by atoms with Gasteiger partial charge < -0.3 is 0 Å². The standard InChI is InChI=1S/C42H48/c1-3-30(31-8-5-4-6-9-31)10-7-11-36(40-22-16-33-14-20-38(33)26-40)28-42(41-23-17-34-15-21-39(34)27-41)24-29(2)35-18-12-32-13-19-37(32)25-35/h4-6,8-9,12,16-18,22-23,25-27,29-30,36,42H,3,7,10-11,13-15,19-21,24,28H2,1-2H3. The number of aryl methyl sites for hydroxylation is 6. The van der Waals surface area contributed by atoms with Crippen LogP contribution in [-0.2, 0) is 38.5 Å². The Kier molecular flexibility index (Phi) is 8.07. The van der Waals surface area contributed by atoms with Gasteiger partial charge in [-0.15, -0.1) is 0 Å². The average Bonchev–Trinajstić information content (AvgIpc) is 2.96.